The highest BCUT2D eigenvalue weighted by atomic mass is 32.2. The Morgan fingerprint density at radius 1 is 1.03 bits per heavy atom. The number of carbonyl (C=O) groups excluding carboxylic acids is 1. The number of benzene rings is 1. The molecule has 1 aromatic heterocycles. The molecule has 1 aromatic carbocycles. The maximum Gasteiger partial charge on any atom is 0.259 e. The van der Waals surface area contributed by atoms with Crippen LogP contribution in [0.5, 0.6) is 0 Å². The molecule has 3 fully saturated rings. The molecule has 3 aliphatic rings. The molecule has 32 heavy (non-hydrogen) atoms. The molecule has 172 valence electrons. The number of aromatic nitrogens is 1. The summed E-state index contributed by atoms with van der Waals surface area (Å²) in [6.45, 7) is 1.85. The minimum Gasteiger partial charge on any atom is -0.356 e. The molecule has 0 unspecified atom stereocenters. The van der Waals surface area contributed by atoms with Crippen molar-refractivity contribution in [3.63, 3.8) is 0 Å². The van der Waals surface area contributed by atoms with E-state index >= 15 is 0 Å². The zero-order valence-electron chi connectivity index (χ0n) is 18.4. The van der Waals surface area contributed by atoms with E-state index in [9.17, 15) is 13.2 Å². The number of hydrogen-bond acceptors (Lipinski definition) is 5. The number of pyridine rings is 1. The monoisotopic (exact) mass is 455 g/mol. The van der Waals surface area contributed by atoms with Crippen molar-refractivity contribution in [3.05, 3.63) is 48.2 Å². The third-order valence-electron chi connectivity index (χ3n) is 7.73. The Kier molecular flexibility index (Phi) is 5.70. The second kappa shape index (κ2) is 8.50. The molecule has 0 atom stereocenters. The van der Waals surface area contributed by atoms with E-state index < -0.39 is 9.84 Å². The molecule has 2 aromatic rings. The molecule has 6 nitrogen and oxygen atoms in total. The number of carbonyl (C=O) groups is 1. The van der Waals surface area contributed by atoms with Gasteiger partial charge >= 0.3 is 0 Å². The highest BCUT2D eigenvalue weighted by molar-refractivity contribution is 7.92. The van der Waals surface area contributed by atoms with E-state index in [-0.39, 0.29) is 17.5 Å². The topological polar surface area (TPSA) is 79.4 Å². The maximum atomic E-state index is 13.2. The molecule has 2 saturated carbocycles. The van der Waals surface area contributed by atoms with Crippen LogP contribution in [0.25, 0.3) is 0 Å². The van der Waals surface area contributed by atoms with E-state index in [1.54, 1.807) is 42.6 Å². The van der Waals surface area contributed by atoms with Gasteiger partial charge in [-0.25, -0.2) is 13.4 Å². The summed E-state index contributed by atoms with van der Waals surface area (Å²) in [6.07, 6.45) is 11.4. The van der Waals surface area contributed by atoms with Gasteiger partial charge in [-0.2, -0.15) is 0 Å². The van der Waals surface area contributed by atoms with Gasteiger partial charge in [0.2, 0.25) is 0 Å². The van der Waals surface area contributed by atoms with Gasteiger partial charge in [0.1, 0.15) is 5.82 Å². The molecule has 0 radical (unpaired) electrons. The summed E-state index contributed by atoms with van der Waals surface area (Å²) in [5.41, 5.74) is 1.55. The van der Waals surface area contributed by atoms with Crippen molar-refractivity contribution >= 4 is 27.2 Å². The fourth-order valence-electron chi connectivity index (χ4n) is 5.54. The fourth-order valence-corrected chi connectivity index (χ4v) is 7.43. The van der Waals surface area contributed by atoms with E-state index in [1.807, 2.05) is 0 Å². The molecule has 5 rings (SSSR count). The van der Waals surface area contributed by atoms with E-state index in [0.29, 0.717) is 22.5 Å². The van der Waals surface area contributed by atoms with Crippen molar-refractivity contribution in [2.75, 3.05) is 23.3 Å². The first-order valence-electron chi connectivity index (χ1n) is 11.8. The molecule has 1 aliphatic heterocycles. The largest absolute Gasteiger partial charge is 0.356 e. The number of nitrogens with one attached hydrogen (secondary N) is 1. The van der Waals surface area contributed by atoms with Gasteiger partial charge < -0.3 is 10.2 Å². The van der Waals surface area contributed by atoms with Crippen molar-refractivity contribution < 1.29 is 14.6 Å². The van der Waals surface area contributed by atoms with Crippen molar-refractivity contribution in [1.82, 2.24) is 4.98 Å². The standard InChI is InChI=1S/C25H31N3O3S.H2/c29-24(27-19-6-3-9-21(18-19)32(30,31)20-7-1-2-8-20)22-10-4-15-26-23(22)28-16-13-25(14-17-28)11-5-12-25;/h3-4,6,9-10,15,18,20H,1-2,5,7-8,11-14,16-17H2,(H,27,29);1H. The highest BCUT2D eigenvalue weighted by Crippen LogP contribution is 2.49. The Hall–Kier alpha value is -2.41. The van der Waals surface area contributed by atoms with Gasteiger partial charge in [-0.3, -0.25) is 4.79 Å². The Morgan fingerprint density at radius 3 is 2.47 bits per heavy atom. The van der Waals surface area contributed by atoms with Crippen LogP contribution in [-0.2, 0) is 9.84 Å². The van der Waals surface area contributed by atoms with Gasteiger partial charge in [0.25, 0.3) is 5.91 Å². The van der Waals surface area contributed by atoms with E-state index in [0.717, 1.165) is 51.6 Å². The van der Waals surface area contributed by atoms with Crippen molar-refractivity contribution in [1.29, 1.82) is 0 Å². The quantitative estimate of drug-likeness (QED) is 0.681. The Labute approximate surface area is 191 Å². The lowest BCUT2D eigenvalue weighted by Gasteiger charge is -2.48. The Bertz CT molecular complexity index is 1100. The predicted octanol–water partition coefficient (Wildman–Crippen LogP) is 5.07. The van der Waals surface area contributed by atoms with Crippen LogP contribution in [0, 0.1) is 5.41 Å². The zero-order chi connectivity index (χ0) is 22.2. The summed E-state index contributed by atoms with van der Waals surface area (Å²) >= 11 is 0. The molecule has 1 N–H and O–H groups in total. The lowest BCUT2D eigenvalue weighted by atomic mass is 9.63. The van der Waals surface area contributed by atoms with Gasteiger partial charge in [0.05, 0.1) is 15.7 Å². The third kappa shape index (κ3) is 4.03. The highest BCUT2D eigenvalue weighted by Gasteiger charge is 2.40. The van der Waals surface area contributed by atoms with E-state index in [2.05, 4.69) is 15.2 Å². The smallest absolute Gasteiger partial charge is 0.259 e. The maximum absolute atomic E-state index is 13.2. The first-order valence-corrected chi connectivity index (χ1v) is 13.4. The van der Waals surface area contributed by atoms with Crippen LogP contribution in [0.3, 0.4) is 0 Å². The van der Waals surface area contributed by atoms with Gasteiger partial charge in [0, 0.05) is 26.4 Å². The van der Waals surface area contributed by atoms with E-state index in [4.69, 9.17) is 0 Å². The number of sulfone groups is 1. The van der Waals surface area contributed by atoms with Crippen LogP contribution in [-0.4, -0.2) is 37.6 Å². The molecule has 1 saturated heterocycles. The Morgan fingerprint density at radius 2 is 1.78 bits per heavy atom. The summed E-state index contributed by atoms with van der Waals surface area (Å²) in [6, 6.07) is 10.2. The van der Waals surface area contributed by atoms with Crippen LogP contribution < -0.4 is 10.2 Å². The first-order chi connectivity index (χ1) is 15.5. The average molecular weight is 456 g/mol. The van der Waals surface area contributed by atoms with Crippen LogP contribution in [0.1, 0.15) is 69.6 Å². The molecule has 7 heteroatoms. The molecule has 1 amide bonds. The van der Waals surface area contributed by atoms with E-state index in [1.165, 1.54) is 19.3 Å². The second-order valence-electron chi connectivity index (χ2n) is 9.65. The normalized spacial score (nSPS) is 20.8. The van der Waals surface area contributed by atoms with Crippen LogP contribution in [0.2, 0.25) is 0 Å². The number of hydrogen-bond donors (Lipinski definition) is 1. The summed E-state index contributed by atoms with van der Waals surface area (Å²) in [4.78, 5) is 20.2. The van der Waals surface area contributed by atoms with Gasteiger partial charge in [-0.15, -0.1) is 0 Å². The second-order valence-corrected chi connectivity index (χ2v) is 11.9. The lowest BCUT2D eigenvalue weighted by molar-refractivity contribution is 0.0950. The summed E-state index contributed by atoms with van der Waals surface area (Å²) < 4.78 is 25.9. The average Bonchev–Trinajstić information content (AvgIpc) is 3.34. The molecule has 0 bridgehead atoms. The molecule has 2 aliphatic carbocycles. The lowest BCUT2D eigenvalue weighted by Crippen LogP contribution is -2.44. The fraction of sp³-hybridized carbons (Fsp3) is 0.520. The Balaban J connectivity index is 0.00000259. The summed E-state index contributed by atoms with van der Waals surface area (Å²) in [7, 11) is -3.37. The molecular formula is C25H33N3O3S. The van der Waals surface area contributed by atoms with Gasteiger partial charge in [0.15, 0.2) is 9.84 Å². The third-order valence-corrected chi connectivity index (χ3v) is 9.99. The zero-order valence-corrected chi connectivity index (χ0v) is 19.2. The van der Waals surface area contributed by atoms with Gasteiger partial charge in [-0.05, 0) is 74.3 Å². The van der Waals surface area contributed by atoms with Crippen LogP contribution in [0.4, 0.5) is 11.5 Å². The summed E-state index contributed by atoms with van der Waals surface area (Å²) in [5, 5.41) is 2.60. The SMILES string of the molecule is O=C(Nc1cccc(S(=O)(=O)C2CCCC2)c1)c1cccnc1N1CCC2(CCC2)CC1.[HH]. The number of rotatable bonds is 5. The van der Waals surface area contributed by atoms with Gasteiger partial charge in [-0.1, -0.05) is 25.3 Å². The minimum absolute atomic E-state index is 0. The van der Waals surface area contributed by atoms with Crippen LogP contribution >= 0.6 is 0 Å². The van der Waals surface area contributed by atoms with Crippen molar-refractivity contribution in [3.8, 4) is 0 Å². The molecule has 1 spiro atoms. The number of piperidine rings is 1. The first kappa shape index (κ1) is 21.4. The van der Waals surface area contributed by atoms with Crippen molar-refractivity contribution in [2.45, 2.75) is 67.9 Å². The number of nitrogens with zero attached hydrogens (tertiary/aromatic N) is 2. The number of anilines is 2. The minimum atomic E-state index is -3.37. The molecular weight excluding hydrogens is 422 g/mol. The predicted molar refractivity (Wildman–Crippen MR) is 128 cm³/mol. The van der Waals surface area contributed by atoms with Crippen molar-refractivity contribution in [2.24, 2.45) is 5.41 Å². The summed E-state index contributed by atoms with van der Waals surface area (Å²) in [5.74, 6) is 0.460. The number of amides is 1. The molecule has 2 heterocycles. The van der Waals surface area contributed by atoms with Crippen LogP contribution in [0.15, 0.2) is 47.5 Å².